The highest BCUT2D eigenvalue weighted by Gasteiger charge is 2.45. The van der Waals surface area contributed by atoms with E-state index >= 15 is 0 Å². The summed E-state index contributed by atoms with van der Waals surface area (Å²) in [6.07, 6.45) is 7.69. The van der Waals surface area contributed by atoms with Crippen molar-refractivity contribution < 1.29 is 21.6 Å². The number of ether oxygens (including phenoxy) is 1. The van der Waals surface area contributed by atoms with Gasteiger partial charge in [0.05, 0.1) is 18.6 Å². The zero-order valence-electron chi connectivity index (χ0n) is 21.8. The first kappa shape index (κ1) is 27.8. The molecule has 3 aliphatic rings. The molecule has 204 valence electrons. The fourth-order valence-electron chi connectivity index (χ4n) is 6.25. The summed E-state index contributed by atoms with van der Waals surface area (Å²) in [4.78, 5) is 2.54. The molecule has 0 aromatic heterocycles. The summed E-state index contributed by atoms with van der Waals surface area (Å²) >= 11 is 0. The molecule has 0 radical (unpaired) electrons. The van der Waals surface area contributed by atoms with Crippen LogP contribution in [0.1, 0.15) is 75.5 Å². The Bertz CT molecular complexity index is 1090. The van der Waals surface area contributed by atoms with Crippen LogP contribution in [0.4, 0.5) is 0 Å². The van der Waals surface area contributed by atoms with Crippen LogP contribution in [0.15, 0.2) is 18.2 Å². The molecule has 4 rings (SSSR count). The first-order valence-electron chi connectivity index (χ1n) is 13.6. The Morgan fingerprint density at radius 1 is 1.06 bits per heavy atom. The van der Waals surface area contributed by atoms with Crippen molar-refractivity contribution in [3.05, 3.63) is 29.3 Å². The molecule has 3 heterocycles. The van der Waals surface area contributed by atoms with Crippen LogP contribution in [0, 0.1) is 5.92 Å². The van der Waals surface area contributed by atoms with Gasteiger partial charge in [0.15, 0.2) is 0 Å². The molecule has 8 nitrogen and oxygen atoms in total. The number of hydrogen-bond acceptors (Lipinski definition) is 6. The van der Waals surface area contributed by atoms with Crippen molar-refractivity contribution in [2.45, 2.75) is 76.8 Å². The molecule has 1 aromatic carbocycles. The minimum Gasteiger partial charge on any atom is -0.497 e. The molecule has 2 fully saturated rings. The number of rotatable bonds is 12. The second-order valence-electron chi connectivity index (χ2n) is 10.6. The van der Waals surface area contributed by atoms with E-state index in [1.165, 1.54) is 11.1 Å². The van der Waals surface area contributed by atoms with Gasteiger partial charge in [-0.1, -0.05) is 32.3 Å². The Morgan fingerprint density at radius 3 is 2.67 bits per heavy atom. The van der Waals surface area contributed by atoms with Gasteiger partial charge < -0.3 is 4.74 Å². The molecule has 0 saturated carbocycles. The first-order chi connectivity index (χ1) is 17.2. The van der Waals surface area contributed by atoms with E-state index in [9.17, 15) is 16.8 Å². The van der Waals surface area contributed by atoms with E-state index in [-0.39, 0.29) is 30.1 Å². The molecular formula is C26H43N3O5S2. The van der Waals surface area contributed by atoms with E-state index in [4.69, 9.17) is 4.74 Å². The van der Waals surface area contributed by atoms with E-state index in [1.54, 1.807) is 11.4 Å². The third-order valence-electron chi connectivity index (χ3n) is 8.14. The maximum absolute atomic E-state index is 13.4. The lowest BCUT2D eigenvalue weighted by atomic mass is 9.77. The second-order valence-corrected chi connectivity index (χ2v) is 14.6. The molecule has 2 saturated heterocycles. The minimum atomic E-state index is -3.46. The third kappa shape index (κ3) is 6.62. The number of unbranched alkanes of at least 4 members (excludes halogenated alkanes) is 3. The summed E-state index contributed by atoms with van der Waals surface area (Å²) in [5, 5.41) is 0. The molecule has 3 aliphatic heterocycles. The molecule has 1 aromatic rings. The average Bonchev–Trinajstić information content (AvgIpc) is 2.87. The molecule has 0 bridgehead atoms. The quantitative estimate of drug-likeness (QED) is 0.408. The van der Waals surface area contributed by atoms with E-state index in [0.717, 1.165) is 63.8 Å². The molecule has 1 N–H and O–H groups in total. The van der Waals surface area contributed by atoms with Gasteiger partial charge in [-0.25, -0.2) is 21.6 Å². The summed E-state index contributed by atoms with van der Waals surface area (Å²) in [6, 6.07) is 6.53. The van der Waals surface area contributed by atoms with E-state index in [2.05, 4.69) is 28.7 Å². The lowest BCUT2D eigenvalue weighted by Crippen LogP contribution is -2.57. The summed E-state index contributed by atoms with van der Waals surface area (Å²) < 4.78 is 61.0. The normalized spacial score (nSPS) is 25.1. The summed E-state index contributed by atoms with van der Waals surface area (Å²) in [6.45, 7) is 4.76. The number of methoxy groups -OCH3 is 1. The summed E-state index contributed by atoms with van der Waals surface area (Å²) in [5.74, 6) is 1.32. The molecule has 0 unspecified atom stereocenters. The lowest BCUT2D eigenvalue weighted by Gasteiger charge is -2.51. The standard InChI is InChI=1S/C26H43N3O5S2/c1-3-4-5-6-16-35(30,31)27-13-8-17-36(32,33)29-14-7-9-22-20-28-15-12-21-18-23(34-2)10-11-24(21)26(28)19-25(22)29/h10-11,18,22,25-27H,3-9,12-17,19-20H2,1-2H3/t22-,25+,26+/m1/s1. The van der Waals surface area contributed by atoms with Crippen LogP contribution in [0.5, 0.6) is 5.75 Å². The Morgan fingerprint density at radius 2 is 1.89 bits per heavy atom. The monoisotopic (exact) mass is 541 g/mol. The largest absolute Gasteiger partial charge is 0.497 e. The molecular weight excluding hydrogens is 498 g/mol. The zero-order valence-corrected chi connectivity index (χ0v) is 23.5. The van der Waals surface area contributed by atoms with Crippen molar-refractivity contribution in [3.8, 4) is 5.75 Å². The van der Waals surface area contributed by atoms with Gasteiger partial charge in [-0.15, -0.1) is 0 Å². The van der Waals surface area contributed by atoms with Crippen molar-refractivity contribution in [3.63, 3.8) is 0 Å². The molecule has 10 heteroatoms. The number of nitrogens with zero attached hydrogens (tertiary/aromatic N) is 2. The first-order valence-corrected chi connectivity index (χ1v) is 16.9. The van der Waals surface area contributed by atoms with Gasteiger partial charge in [-0.3, -0.25) is 4.90 Å². The number of hydrogen-bond donors (Lipinski definition) is 1. The van der Waals surface area contributed by atoms with Crippen molar-refractivity contribution in [1.82, 2.24) is 13.9 Å². The molecule has 0 amide bonds. The predicted molar refractivity (Wildman–Crippen MR) is 143 cm³/mol. The van der Waals surface area contributed by atoms with Gasteiger partial charge >= 0.3 is 0 Å². The Hall–Kier alpha value is -1.20. The topological polar surface area (TPSA) is 96.0 Å². The molecule has 0 aliphatic carbocycles. The Kier molecular flexibility index (Phi) is 9.36. The van der Waals surface area contributed by atoms with Crippen molar-refractivity contribution in [2.75, 3.05) is 44.8 Å². The molecule has 0 spiro atoms. The van der Waals surface area contributed by atoms with Crippen LogP contribution >= 0.6 is 0 Å². The number of sulfonamides is 2. The number of nitrogens with one attached hydrogen (secondary N) is 1. The van der Waals surface area contributed by atoms with Crippen molar-refractivity contribution in [1.29, 1.82) is 0 Å². The van der Waals surface area contributed by atoms with Gasteiger partial charge in [-0.05, 0) is 67.7 Å². The second kappa shape index (κ2) is 12.1. The Balaban J connectivity index is 1.36. The maximum atomic E-state index is 13.4. The third-order valence-corrected chi connectivity index (χ3v) is 11.6. The van der Waals surface area contributed by atoms with Crippen LogP contribution in [0.3, 0.4) is 0 Å². The molecule has 3 atom stereocenters. The summed E-state index contributed by atoms with van der Waals surface area (Å²) in [5.41, 5.74) is 2.61. The van der Waals surface area contributed by atoms with Gasteiger partial charge in [0.2, 0.25) is 20.0 Å². The zero-order chi connectivity index (χ0) is 25.8. The van der Waals surface area contributed by atoms with E-state index in [1.807, 2.05) is 6.07 Å². The number of fused-ring (bicyclic) bond motifs is 4. The highest BCUT2D eigenvalue weighted by Crippen LogP contribution is 2.44. The van der Waals surface area contributed by atoms with E-state index < -0.39 is 20.0 Å². The van der Waals surface area contributed by atoms with Gasteiger partial charge in [0.25, 0.3) is 0 Å². The Labute approximate surface area is 217 Å². The van der Waals surface area contributed by atoms with Crippen LogP contribution < -0.4 is 9.46 Å². The number of piperidine rings is 2. The fourth-order valence-corrected chi connectivity index (χ4v) is 9.26. The van der Waals surface area contributed by atoms with Crippen LogP contribution in [0.2, 0.25) is 0 Å². The highest BCUT2D eigenvalue weighted by atomic mass is 32.2. The average molecular weight is 542 g/mol. The van der Waals surface area contributed by atoms with Crippen molar-refractivity contribution in [2.24, 2.45) is 5.92 Å². The van der Waals surface area contributed by atoms with E-state index in [0.29, 0.717) is 25.3 Å². The lowest BCUT2D eigenvalue weighted by molar-refractivity contribution is 0.0219. The van der Waals surface area contributed by atoms with Gasteiger partial charge in [-0.2, -0.15) is 4.31 Å². The van der Waals surface area contributed by atoms with Crippen LogP contribution in [-0.2, 0) is 26.5 Å². The van der Waals surface area contributed by atoms with Crippen molar-refractivity contribution >= 4 is 20.0 Å². The predicted octanol–water partition coefficient (Wildman–Crippen LogP) is 3.30. The molecule has 36 heavy (non-hydrogen) atoms. The van der Waals surface area contributed by atoms with Crippen LogP contribution in [0.25, 0.3) is 0 Å². The summed E-state index contributed by atoms with van der Waals surface area (Å²) in [7, 11) is -5.12. The minimum absolute atomic E-state index is 0.00769. The SMILES string of the molecule is CCCCCCS(=O)(=O)NCCCS(=O)(=O)N1CCC[C@@H]2CN3CCc4cc(OC)ccc4[C@@H]3C[C@@H]21. The fraction of sp³-hybridized carbons (Fsp3) is 0.769. The van der Waals surface area contributed by atoms with Gasteiger partial charge in [0, 0.05) is 38.3 Å². The number of benzene rings is 1. The van der Waals surface area contributed by atoms with Crippen LogP contribution in [-0.4, -0.2) is 76.9 Å². The highest BCUT2D eigenvalue weighted by molar-refractivity contribution is 7.89. The van der Waals surface area contributed by atoms with Gasteiger partial charge in [0.1, 0.15) is 5.75 Å². The smallest absolute Gasteiger partial charge is 0.214 e. The maximum Gasteiger partial charge on any atom is 0.214 e.